The van der Waals surface area contributed by atoms with Crippen LogP contribution in [0.3, 0.4) is 0 Å². The highest BCUT2D eigenvalue weighted by atomic mass is 35.5. The highest BCUT2D eigenvalue weighted by Gasteiger charge is 2.37. The number of nitrogens with zero attached hydrogens (tertiary/aromatic N) is 2. The van der Waals surface area contributed by atoms with Crippen LogP contribution >= 0.6 is 23.2 Å². The van der Waals surface area contributed by atoms with Crippen LogP contribution in [0.1, 0.15) is 63.6 Å². The second-order valence-corrected chi connectivity index (χ2v) is 14.6. The van der Waals surface area contributed by atoms with Crippen molar-refractivity contribution in [1.82, 2.24) is 10.2 Å². The quantitative estimate of drug-likeness (QED) is 0.0487. The molecule has 3 atom stereocenters. The Balaban J connectivity index is 0.00000189. The number of nitrogens with one attached hydrogen (secondary N) is 1. The van der Waals surface area contributed by atoms with E-state index in [4.69, 9.17) is 61.2 Å². The van der Waals surface area contributed by atoms with Crippen LogP contribution in [0.25, 0.3) is 0 Å². The fourth-order valence-electron chi connectivity index (χ4n) is 7.19. The van der Waals surface area contributed by atoms with Crippen LogP contribution in [-0.4, -0.2) is 68.5 Å². The number of alkyl carbamates (subject to hydrolysis) is 1. The van der Waals surface area contributed by atoms with Gasteiger partial charge in [-0.1, -0.05) is 71.7 Å². The molecule has 8 rings (SSSR count). The number of furan rings is 1. The summed E-state index contributed by atoms with van der Waals surface area (Å²) in [5.74, 6) is 1.47. The van der Waals surface area contributed by atoms with E-state index in [0.29, 0.717) is 44.8 Å². The van der Waals surface area contributed by atoms with Crippen molar-refractivity contribution in [3.05, 3.63) is 146 Å². The molecule has 0 saturated carbocycles. The van der Waals surface area contributed by atoms with Gasteiger partial charge < -0.3 is 43.7 Å². The van der Waals surface area contributed by atoms with Gasteiger partial charge in [0.25, 0.3) is 6.47 Å². The predicted molar refractivity (Wildman–Crippen MR) is 216 cm³/mol. The summed E-state index contributed by atoms with van der Waals surface area (Å²) < 4.78 is 35.1. The molecule has 2 N–H and O–H groups in total. The van der Waals surface area contributed by atoms with E-state index in [2.05, 4.69) is 10.2 Å². The van der Waals surface area contributed by atoms with E-state index < -0.39 is 24.2 Å². The molecule has 3 aromatic carbocycles. The summed E-state index contributed by atoms with van der Waals surface area (Å²) in [5.41, 5.74) is 2.76. The minimum absolute atomic E-state index is 0.0302. The highest BCUT2D eigenvalue weighted by Crippen LogP contribution is 2.36. The largest absolute Gasteiger partial charge is 0.619 e. The Morgan fingerprint density at radius 3 is 2.20 bits per heavy atom. The zero-order valence-corrected chi connectivity index (χ0v) is 33.8. The van der Waals surface area contributed by atoms with Crippen LogP contribution in [0.2, 0.25) is 10.0 Å². The lowest BCUT2D eigenvalue weighted by Gasteiger charge is -2.43. The van der Waals surface area contributed by atoms with Crippen molar-refractivity contribution in [3.63, 3.8) is 0 Å². The fraction of sp³-hybridized carbons (Fsp3) is 0.302. The number of carbonyl (C=O) groups excluding carboxylic acids is 2. The van der Waals surface area contributed by atoms with Gasteiger partial charge in [0.1, 0.15) is 40.4 Å². The highest BCUT2D eigenvalue weighted by molar-refractivity contribution is 6.35. The first-order chi connectivity index (χ1) is 28.6. The molecular formula is C43H43Cl2N3O11. The number of rotatable bonds is 14. The van der Waals surface area contributed by atoms with Gasteiger partial charge in [0, 0.05) is 18.5 Å². The van der Waals surface area contributed by atoms with Crippen LogP contribution < -0.4 is 24.3 Å². The second kappa shape index (κ2) is 20.1. The fourth-order valence-corrected chi connectivity index (χ4v) is 7.79. The Morgan fingerprint density at radius 1 is 0.932 bits per heavy atom. The number of hydrogen-bond donors (Lipinski definition) is 2. The van der Waals surface area contributed by atoms with E-state index >= 15 is 0 Å². The number of ether oxygens (including phenoxy) is 5. The van der Waals surface area contributed by atoms with E-state index in [-0.39, 0.29) is 41.4 Å². The maximum absolute atomic E-state index is 13.5. The number of methoxy groups -OCH3 is 2. The molecule has 3 aliphatic rings. The Labute approximate surface area is 350 Å². The van der Waals surface area contributed by atoms with Crippen molar-refractivity contribution in [2.24, 2.45) is 5.92 Å². The van der Waals surface area contributed by atoms with Gasteiger partial charge in [0.2, 0.25) is 5.76 Å². The Kier molecular flexibility index (Phi) is 14.6. The number of esters is 1. The number of hydrogen-bond acceptors (Lipinski definition) is 11. The molecule has 3 fully saturated rings. The third-order valence-corrected chi connectivity index (χ3v) is 10.8. The maximum atomic E-state index is 13.5. The third-order valence-electron chi connectivity index (χ3n) is 10.2. The maximum Gasteiger partial charge on any atom is 0.408 e. The minimum Gasteiger partial charge on any atom is -0.619 e. The summed E-state index contributed by atoms with van der Waals surface area (Å²) in [7, 11) is 3.01. The molecule has 14 nitrogen and oxygen atoms in total. The zero-order valence-electron chi connectivity index (χ0n) is 32.3. The van der Waals surface area contributed by atoms with Gasteiger partial charge in [-0.25, -0.2) is 9.59 Å². The number of aromatic nitrogens is 1. The zero-order chi connectivity index (χ0) is 41.9. The molecule has 310 valence electrons. The standard InChI is InChI=1S/C42H41Cl2N3O9.CH2O2/c1-51-35-14-10-29(20-38(35)52-2)37(21-32-33(43)22-47(50)23-34(32)44)55-41(48)36-15-13-31(54-36)25-53-30-11-8-28(9-12-30)40(27-6-4-3-5-7-27)45-42(49)56-39-24-46-18-16-26(39)17-19-46;2-1-3/h3-15,20,22-23,26,37,39-40H,16-19,21,24-25H2,1-2H3,(H,45,49);1H,(H,2,3)/t37-,39-,40+;/m0./s1. The molecule has 0 unspecified atom stereocenters. The van der Waals surface area contributed by atoms with Gasteiger partial charge in [-0.3, -0.25) is 9.69 Å². The van der Waals surface area contributed by atoms with Crippen LogP contribution in [0, 0.1) is 11.1 Å². The Hall–Kier alpha value is -5.96. The minimum atomic E-state index is -0.903. The molecule has 0 spiro atoms. The number of carbonyl (C=O) groups is 3. The number of carboxylic acid groups (broad SMARTS) is 1. The number of fused-ring (bicyclic) bond motifs is 3. The number of pyridine rings is 1. The normalized spacial score (nSPS) is 17.7. The van der Waals surface area contributed by atoms with Gasteiger partial charge in [-0.05, 0) is 84.9 Å². The van der Waals surface area contributed by atoms with Crippen LogP contribution in [0.4, 0.5) is 4.79 Å². The number of benzene rings is 3. The number of halogens is 2. The van der Waals surface area contributed by atoms with Gasteiger partial charge in [0.05, 0.1) is 20.3 Å². The second-order valence-electron chi connectivity index (χ2n) is 13.8. The molecule has 16 heteroatoms. The number of amides is 1. The molecule has 0 radical (unpaired) electrons. The van der Waals surface area contributed by atoms with Crippen molar-refractivity contribution >= 4 is 41.7 Å². The molecule has 5 aromatic rings. The van der Waals surface area contributed by atoms with Gasteiger partial charge in [-0.15, -0.1) is 0 Å². The first-order valence-corrected chi connectivity index (χ1v) is 19.5. The predicted octanol–water partition coefficient (Wildman–Crippen LogP) is 7.57. The molecule has 5 heterocycles. The topological polar surface area (TPSA) is 173 Å². The van der Waals surface area contributed by atoms with E-state index in [1.54, 1.807) is 24.3 Å². The van der Waals surface area contributed by atoms with Crippen molar-refractivity contribution < 1.29 is 52.3 Å². The molecule has 1 amide bonds. The van der Waals surface area contributed by atoms with Gasteiger partial charge in [0.15, 0.2) is 23.9 Å². The molecule has 3 aliphatic heterocycles. The molecule has 59 heavy (non-hydrogen) atoms. The Bertz CT molecular complexity index is 2170. The van der Waals surface area contributed by atoms with Crippen molar-refractivity contribution in [3.8, 4) is 17.2 Å². The summed E-state index contributed by atoms with van der Waals surface area (Å²) in [6.45, 7) is 2.69. The monoisotopic (exact) mass is 847 g/mol. The first kappa shape index (κ1) is 42.6. The summed E-state index contributed by atoms with van der Waals surface area (Å²) in [5, 5.41) is 22.1. The summed E-state index contributed by atoms with van der Waals surface area (Å²) in [4.78, 5) is 37.4. The summed E-state index contributed by atoms with van der Waals surface area (Å²) in [6.07, 6.45) is 3.06. The Morgan fingerprint density at radius 2 is 1.58 bits per heavy atom. The lowest BCUT2D eigenvalue weighted by molar-refractivity contribution is -0.605. The van der Waals surface area contributed by atoms with Gasteiger partial charge >= 0.3 is 12.1 Å². The molecule has 0 aliphatic carbocycles. The van der Waals surface area contributed by atoms with Crippen LogP contribution in [0.15, 0.2) is 102 Å². The van der Waals surface area contributed by atoms with Crippen LogP contribution in [-0.2, 0) is 27.3 Å². The lowest BCUT2D eigenvalue weighted by Crippen LogP contribution is -2.52. The molecule has 3 saturated heterocycles. The van der Waals surface area contributed by atoms with Crippen molar-refractivity contribution in [2.75, 3.05) is 33.9 Å². The SMILES string of the molecule is COc1ccc([C@H](Cc2c(Cl)c[n+]([O-])cc2Cl)OC(=O)c2ccc(COc3ccc([C@H](NC(=O)O[C@H]4CN5CCC4CC5)c4ccccc4)cc3)o2)cc1OC.O=CO. The average molecular weight is 849 g/mol. The number of piperidine rings is 3. The third kappa shape index (κ3) is 11.0. The smallest absolute Gasteiger partial charge is 0.408 e. The lowest BCUT2D eigenvalue weighted by atomic mass is 9.86. The van der Waals surface area contributed by atoms with E-state index in [0.717, 1.165) is 43.6 Å². The van der Waals surface area contributed by atoms with E-state index in [1.807, 2.05) is 54.6 Å². The van der Waals surface area contributed by atoms with Gasteiger partial charge in [-0.2, -0.15) is 4.73 Å². The van der Waals surface area contributed by atoms with E-state index in [1.165, 1.54) is 32.7 Å². The van der Waals surface area contributed by atoms with Crippen molar-refractivity contribution in [1.29, 1.82) is 0 Å². The van der Waals surface area contributed by atoms with E-state index in [9.17, 15) is 14.8 Å². The molecule has 2 aromatic heterocycles. The summed E-state index contributed by atoms with van der Waals surface area (Å²) in [6, 6.07) is 24.9. The van der Waals surface area contributed by atoms with Crippen LogP contribution in [0.5, 0.6) is 17.2 Å². The summed E-state index contributed by atoms with van der Waals surface area (Å²) >= 11 is 12.8. The molecular weight excluding hydrogens is 805 g/mol. The average Bonchev–Trinajstić information content (AvgIpc) is 3.73. The molecule has 2 bridgehead atoms. The first-order valence-electron chi connectivity index (χ1n) is 18.7. The van der Waals surface area contributed by atoms with Crippen molar-refractivity contribution in [2.45, 2.75) is 44.1 Å².